The van der Waals surface area contributed by atoms with E-state index in [2.05, 4.69) is 0 Å². The highest BCUT2D eigenvalue weighted by atomic mass is 16.5. The fourth-order valence-corrected chi connectivity index (χ4v) is 3.21. The number of fused-ring (bicyclic) bond motifs is 1. The van der Waals surface area contributed by atoms with E-state index < -0.39 is 5.63 Å². The molecule has 4 rings (SSSR count). The summed E-state index contributed by atoms with van der Waals surface area (Å²) >= 11 is 0. The van der Waals surface area contributed by atoms with Crippen molar-refractivity contribution in [3.8, 4) is 5.75 Å². The smallest absolute Gasteiger partial charge is 0.336 e. The van der Waals surface area contributed by atoms with Crippen LogP contribution < -0.4 is 10.4 Å². The maximum Gasteiger partial charge on any atom is 0.336 e. The molecule has 3 aromatic carbocycles. The van der Waals surface area contributed by atoms with Crippen molar-refractivity contribution in [2.24, 2.45) is 0 Å². The molecule has 0 saturated carbocycles. The molecular formula is C25H21NO4. The molecule has 150 valence electrons. The van der Waals surface area contributed by atoms with E-state index in [1.54, 1.807) is 29.2 Å². The van der Waals surface area contributed by atoms with E-state index in [0.29, 0.717) is 24.4 Å². The highest BCUT2D eigenvalue weighted by Gasteiger charge is 2.16. The zero-order valence-corrected chi connectivity index (χ0v) is 16.4. The van der Waals surface area contributed by atoms with Crippen molar-refractivity contribution in [1.82, 2.24) is 4.90 Å². The lowest BCUT2D eigenvalue weighted by molar-refractivity contribution is -0.134. The average molecular weight is 399 g/mol. The molecule has 1 aromatic heterocycles. The Kier molecular flexibility index (Phi) is 5.90. The van der Waals surface area contributed by atoms with E-state index in [0.717, 1.165) is 16.5 Å². The third-order valence-electron chi connectivity index (χ3n) is 4.74. The van der Waals surface area contributed by atoms with Crippen LogP contribution >= 0.6 is 0 Å². The second kappa shape index (κ2) is 9.09. The SMILES string of the molecule is O=C(COc1ccc2ccc(=O)oc2c1)N(Cc1ccccc1)Cc1ccccc1. The first-order valence-electron chi connectivity index (χ1n) is 9.70. The average Bonchev–Trinajstić information content (AvgIpc) is 2.78. The van der Waals surface area contributed by atoms with Gasteiger partial charge in [-0.05, 0) is 29.3 Å². The molecule has 0 spiro atoms. The predicted octanol–water partition coefficient (Wildman–Crippen LogP) is 4.40. The minimum Gasteiger partial charge on any atom is -0.484 e. The molecule has 0 unspecified atom stereocenters. The first kappa shape index (κ1) is 19.5. The van der Waals surface area contributed by atoms with Gasteiger partial charge in [-0.2, -0.15) is 0 Å². The summed E-state index contributed by atoms with van der Waals surface area (Å²) in [6, 6.07) is 28.0. The number of carbonyl (C=O) groups is 1. The zero-order valence-electron chi connectivity index (χ0n) is 16.4. The van der Waals surface area contributed by atoms with Gasteiger partial charge in [0, 0.05) is 30.6 Å². The van der Waals surface area contributed by atoms with Crippen LogP contribution in [0.4, 0.5) is 0 Å². The van der Waals surface area contributed by atoms with Crippen molar-refractivity contribution in [2.45, 2.75) is 13.1 Å². The van der Waals surface area contributed by atoms with Crippen LogP contribution in [0.25, 0.3) is 11.0 Å². The fourth-order valence-electron chi connectivity index (χ4n) is 3.21. The lowest BCUT2D eigenvalue weighted by Crippen LogP contribution is -2.34. The number of benzene rings is 3. The second-order valence-electron chi connectivity index (χ2n) is 6.96. The van der Waals surface area contributed by atoms with Crippen LogP contribution in [-0.4, -0.2) is 17.4 Å². The van der Waals surface area contributed by atoms with Gasteiger partial charge in [0.1, 0.15) is 11.3 Å². The zero-order chi connectivity index (χ0) is 20.8. The Morgan fingerprint density at radius 2 is 1.40 bits per heavy atom. The molecule has 5 nitrogen and oxygen atoms in total. The third-order valence-corrected chi connectivity index (χ3v) is 4.74. The first-order chi connectivity index (χ1) is 14.7. The summed E-state index contributed by atoms with van der Waals surface area (Å²) in [5.41, 5.74) is 2.11. The van der Waals surface area contributed by atoms with Crippen molar-refractivity contribution >= 4 is 16.9 Å². The summed E-state index contributed by atoms with van der Waals surface area (Å²) in [5.74, 6) is 0.349. The Labute approximate surface area is 174 Å². The van der Waals surface area contributed by atoms with Crippen LogP contribution in [-0.2, 0) is 17.9 Å². The molecule has 1 amide bonds. The quantitative estimate of drug-likeness (QED) is 0.432. The van der Waals surface area contributed by atoms with Crippen LogP contribution in [0.2, 0.25) is 0 Å². The highest BCUT2D eigenvalue weighted by Crippen LogP contribution is 2.20. The molecule has 0 fully saturated rings. The minimum absolute atomic E-state index is 0.109. The normalized spacial score (nSPS) is 10.7. The van der Waals surface area contributed by atoms with Gasteiger partial charge in [0.05, 0.1) is 0 Å². The van der Waals surface area contributed by atoms with Crippen LogP contribution in [0.5, 0.6) is 5.75 Å². The van der Waals surface area contributed by atoms with Crippen molar-refractivity contribution in [3.63, 3.8) is 0 Å². The number of nitrogens with zero attached hydrogens (tertiary/aromatic N) is 1. The maximum absolute atomic E-state index is 13.0. The second-order valence-corrected chi connectivity index (χ2v) is 6.96. The molecule has 0 bridgehead atoms. The molecule has 5 heteroatoms. The van der Waals surface area contributed by atoms with Gasteiger partial charge in [-0.15, -0.1) is 0 Å². The van der Waals surface area contributed by atoms with E-state index in [1.807, 2.05) is 60.7 Å². The predicted molar refractivity (Wildman–Crippen MR) is 115 cm³/mol. The molecule has 0 atom stereocenters. The summed E-state index contributed by atoms with van der Waals surface area (Å²) in [6.45, 7) is 0.872. The molecule has 30 heavy (non-hydrogen) atoms. The van der Waals surface area contributed by atoms with Gasteiger partial charge < -0.3 is 14.1 Å². The van der Waals surface area contributed by atoms with Crippen molar-refractivity contribution < 1.29 is 13.9 Å². The number of carbonyl (C=O) groups excluding carboxylic acids is 1. The van der Waals surface area contributed by atoms with E-state index >= 15 is 0 Å². The Bertz CT molecular complexity index is 1140. The fraction of sp³-hybridized carbons (Fsp3) is 0.120. The van der Waals surface area contributed by atoms with E-state index in [-0.39, 0.29) is 12.5 Å². The largest absolute Gasteiger partial charge is 0.484 e. The van der Waals surface area contributed by atoms with Crippen LogP contribution in [0.15, 0.2) is 100 Å². The highest BCUT2D eigenvalue weighted by molar-refractivity contribution is 5.79. The maximum atomic E-state index is 13.0. The topological polar surface area (TPSA) is 59.8 Å². The molecule has 1 heterocycles. The van der Waals surface area contributed by atoms with Gasteiger partial charge in [0.15, 0.2) is 6.61 Å². The summed E-state index contributed by atoms with van der Waals surface area (Å²) in [5, 5.41) is 0.794. The van der Waals surface area contributed by atoms with Gasteiger partial charge in [0.2, 0.25) is 0 Å². The Hall–Kier alpha value is -3.86. The Morgan fingerprint density at radius 1 is 0.800 bits per heavy atom. The summed E-state index contributed by atoms with van der Waals surface area (Å²) < 4.78 is 10.9. The Balaban J connectivity index is 1.48. The standard InChI is InChI=1S/C25H21NO4/c27-24(18-29-22-13-11-21-12-14-25(28)30-23(21)15-22)26(16-19-7-3-1-4-8-19)17-20-9-5-2-6-10-20/h1-15H,16-18H2. The minimum atomic E-state index is -0.423. The first-order valence-corrected chi connectivity index (χ1v) is 9.70. The van der Waals surface area contributed by atoms with Crippen molar-refractivity contribution in [3.05, 3.63) is 113 Å². The number of hydrogen-bond donors (Lipinski definition) is 0. The number of rotatable bonds is 7. The van der Waals surface area contributed by atoms with E-state index in [1.165, 1.54) is 6.07 Å². The number of amides is 1. The Morgan fingerprint density at radius 3 is 2.03 bits per heavy atom. The van der Waals surface area contributed by atoms with Gasteiger partial charge in [0.25, 0.3) is 5.91 Å². The molecule has 4 aromatic rings. The van der Waals surface area contributed by atoms with Crippen LogP contribution in [0, 0.1) is 0 Å². The van der Waals surface area contributed by atoms with Crippen molar-refractivity contribution in [1.29, 1.82) is 0 Å². The lowest BCUT2D eigenvalue weighted by atomic mass is 10.1. The molecule has 0 radical (unpaired) electrons. The molecule has 0 aliphatic heterocycles. The van der Waals surface area contributed by atoms with Gasteiger partial charge in [-0.3, -0.25) is 4.79 Å². The van der Waals surface area contributed by atoms with Gasteiger partial charge in [-0.25, -0.2) is 4.79 Å². The van der Waals surface area contributed by atoms with Gasteiger partial charge >= 0.3 is 5.63 Å². The third kappa shape index (κ3) is 4.94. The monoisotopic (exact) mass is 399 g/mol. The molecule has 0 N–H and O–H groups in total. The van der Waals surface area contributed by atoms with Crippen LogP contribution in [0.1, 0.15) is 11.1 Å². The van der Waals surface area contributed by atoms with Crippen molar-refractivity contribution in [2.75, 3.05) is 6.61 Å². The number of hydrogen-bond acceptors (Lipinski definition) is 4. The molecule has 0 aliphatic rings. The lowest BCUT2D eigenvalue weighted by Gasteiger charge is -2.23. The number of ether oxygens (including phenoxy) is 1. The van der Waals surface area contributed by atoms with E-state index in [9.17, 15) is 9.59 Å². The summed E-state index contributed by atoms with van der Waals surface area (Å²) in [4.78, 5) is 26.2. The molecule has 0 saturated heterocycles. The molecular weight excluding hydrogens is 378 g/mol. The summed E-state index contributed by atoms with van der Waals surface area (Å²) in [7, 11) is 0. The van der Waals surface area contributed by atoms with Gasteiger partial charge in [-0.1, -0.05) is 60.7 Å². The van der Waals surface area contributed by atoms with Crippen LogP contribution in [0.3, 0.4) is 0 Å². The van der Waals surface area contributed by atoms with E-state index in [4.69, 9.17) is 9.15 Å². The molecule has 0 aliphatic carbocycles. The summed E-state index contributed by atoms with van der Waals surface area (Å²) in [6.07, 6.45) is 0.